The first-order valence-electron chi connectivity index (χ1n) is 6.23. The number of hydrogen-bond acceptors (Lipinski definition) is 4. The number of hydrogen-bond donors (Lipinski definition) is 2. The first-order chi connectivity index (χ1) is 8.53. The minimum atomic E-state index is 0.160. The van der Waals surface area contributed by atoms with Gasteiger partial charge in [-0.15, -0.1) is 0 Å². The molecule has 2 heterocycles. The molecule has 98 valence electrons. The molecule has 0 saturated carbocycles. The summed E-state index contributed by atoms with van der Waals surface area (Å²) in [5, 5.41) is 3.38. The molecule has 0 aliphatic rings. The molecule has 5 nitrogen and oxygen atoms in total. The van der Waals surface area contributed by atoms with Gasteiger partial charge < -0.3 is 15.6 Å². The van der Waals surface area contributed by atoms with E-state index >= 15 is 0 Å². The van der Waals surface area contributed by atoms with E-state index in [1.54, 1.807) is 0 Å². The molecule has 0 bridgehead atoms. The van der Waals surface area contributed by atoms with E-state index in [9.17, 15) is 0 Å². The maximum absolute atomic E-state index is 5.62. The Labute approximate surface area is 107 Å². The van der Waals surface area contributed by atoms with Gasteiger partial charge in [-0.05, 0) is 24.4 Å². The van der Waals surface area contributed by atoms with Crippen molar-refractivity contribution in [1.82, 2.24) is 14.5 Å². The van der Waals surface area contributed by atoms with Gasteiger partial charge in [-0.3, -0.25) is 0 Å². The van der Waals surface area contributed by atoms with Crippen molar-refractivity contribution in [1.29, 1.82) is 0 Å². The number of nitrogens with zero attached hydrogens (tertiary/aromatic N) is 3. The van der Waals surface area contributed by atoms with E-state index in [0.29, 0.717) is 6.54 Å². The average Bonchev–Trinajstić information content (AvgIpc) is 2.69. The number of aromatic nitrogens is 3. The predicted molar refractivity (Wildman–Crippen MR) is 74.5 cm³/mol. The Bertz CT molecular complexity index is 529. The molecule has 5 heteroatoms. The average molecular weight is 247 g/mol. The molecule has 0 saturated heterocycles. The van der Waals surface area contributed by atoms with Crippen molar-refractivity contribution in [3.63, 3.8) is 0 Å². The zero-order chi connectivity index (χ0) is 13.2. The normalized spacial score (nSPS) is 12.0. The zero-order valence-corrected chi connectivity index (χ0v) is 11.3. The van der Waals surface area contributed by atoms with Crippen LogP contribution in [-0.2, 0) is 7.05 Å². The summed E-state index contributed by atoms with van der Waals surface area (Å²) in [4.78, 5) is 8.74. The topological polar surface area (TPSA) is 68.8 Å². The Morgan fingerprint density at radius 2 is 2.17 bits per heavy atom. The summed E-state index contributed by atoms with van der Waals surface area (Å²) in [5.74, 6) is 0.846. The maximum Gasteiger partial charge on any atom is 0.154 e. The van der Waals surface area contributed by atoms with Crippen molar-refractivity contribution < 1.29 is 0 Å². The first-order valence-corrected chi connectivity index (χ1v) is 6.23. The first kappa shape index (κ1) is 12.8. The highest BCUT2D eigenvalue weighted by Gasteiger charge is 2.17. The lowest BCUT2D eigenvalue weighted by atomic mass is 9.89. The Balaban J connectivity index is 2.17. The quantitative estimate of drug-likeness (QED) is 0.844. The molecule has 0 radical (unpaired) electrons. The van der Waals surface area contributed by atoms with Crippen molar-refractivity contribution in [2.75, 3.05) is 18.4 Å². The minimum Gasteiger partial charge on any atom is -0.368 e. The molecule has 3 N–H and O–H groups in total. The smallest absolute Gasteiger partial charge is 0.154 e. The number of nitrogens with one attached hydrogen (secondary N) is 1. The summed E-state index contributed by atoms with van der Waals surface area (Å²) in [5.41, 5.74) is 7.79. The lowest BCUT2D eigenvalue weighted by molar-refractivity contribution is 0.365. The van der Waals surface area contributed by atoms with Gasteiger partial charge in [-0.1, -0.05) is 13.8 Å². The number of fused-ring (bicyclic) bond motifs is 1. The van der Waals surface area contributed by atoms with Gasteiger partial charge in [0.15, 0.2) is 5.82 Å². The summed E-state index contributed by atoms with van der Waals surface area (Å²) in [6.07, 6.45) is 4.60. The van der Waals surface area contributed by atoms with E-state index in [1.807, 2.05) is 30.2 Å². The van der Waals surface area contributed by atoms with Crippen LogP contribution in [0.5, 0.6) is 0 Å². The molecular formula is C13H21N5. The highest BCUT2D eigenvalue weighted by molar-refractivity contribution is 5.85. The number of rotatable bonds is 5. The second kappa shape index (κ2) is 4.94. The van der Waals surface area contributed by atoms with E-state index < -0.39 is 0 Å². The molecule has 0 amide bonds. The summed E-state index contributed by atoms with van der Waals surface area (Å²) in [7, 11) is 1.98. The van der Waals surface area contributed by atoms with Crippen molar-refractivity contribution in [2.24, 2.45) is 18.2 Å². The van der Waals surface area contributed by atoms with Gasteiger partial charge in [0, 0.05) is 19.8 Å². The van der Waals surface area contributed by atoms with E-state index in [4.69, 9.17) is 5.73 Å². The van der Waals surface area contributed by atoms with Crippen LogP contribution in [-0.4, -0.2) is 27.6 Å². The van der Waals surface area contributed by atoms with Gasteiger partial charge in [0.2, 0.25) is 0 Å². The standard InChI is InChI=1S/C13H21N5/c1-13(2,5-6-14)8-16-12-11-10(4-7-15-12)18(3)9-17-11/h4,7,9H,5-6,8,14H2,1-3H3,(H,15,16). The van der Waals surface area contributed by atoms with Gasteiger partial charge in [0.25, 0.3) is 0 Å². The van der Waals surface area contributed by atoms with Gasteiger partial charge in [0.05, 0.1) is 11.8 Å². The van der Waals surface area contributed by atoms with Crippen molar-refractivity contribution >= 4 is 16.9 Å². The van der Waals surface area contributed by atoms with Gasteiger partial charge in [-0.2, -0.15) is 0 Å². The van der Waals surface area contributed by atoms with Gasteiger partial charge >= 0.3 is 0 Å². The molecule has 0 aliphatic heterocycles. The van der Waals surface area contributed by atoms with E-state index in [1.165, 1.54) is 0 Å². The highest BCUT2D eigenvalue weighted by atomic mass is 15.1. The predicted octanol–water partition coefficient (Wildman–Crippen LogP) is 1.76. The van der Waals surface area contributed by atoms with Crippen LogP contribution in [0.15, 0.2) is 18.6 Å². The van der Waals surface area contributed by atoms with Crippen LogP contribution < -0.4 is 11.1 Å². The van der Waals surface area contributed by atoms with Crippen LogP contribution in [0, 0.1) is 5.41 Å². The highest BCUT2D eigenvalue weighted by Crippen LogP contribution is 2.23. The Kier molecular flexibility index (Phi) is 3.52. The molecule has 0 aromatic carbocycles. The third-order valence-electron chi connectivity index (χ3n) is 3.20. The maximum atomic E-state index is 5.62. The van der Waals surface area contributed by atoms with Crippen LogP contribution >= 0.6 is 0 Å². The molecule has 2 rings (SSSR count). The lowest BCUT2D eigenvalue weighted by Gasteiger charge is -2.24. The monoisotopic (exact) mass is 247 g/mol. The Morgan fingerprint density at radius 1 is 1.39 bits per heavy atom. The number of aryl methyl sites for hydroxylation is 1. The van der Waals surface area contributed by atoms with Crippen molar-refractivity contribution in [2.45, 2.75) is 20.3 Å². The number of anilines is 1. The van der Waals surface area contributed by atoms with Crippen LogP contribution in [0.3, 0.4) is 0 Å². The fraction of sp³-hybridized carbons (Fsp3) is 0.538. The molecule has 18 heavy (non-hydrogen) atoms. The number of nitrogens with two attached hydrogens (primary N) is 1. The SMILES string of the molecule is Cn1cnc2c(NCC(C)(C)CCN)nccc21. The van der Waals surface area contributed by atoms with Gasteiger partial charge in [-0.25, -0.2) is 9.97 Å². The third kappa shape index (κ3) is 2.61. The molecule has 0 spiro atoms. The zero-order valence-electron chi connectivity index (χ0n) is 11.3. The summed E-state index contributed by atoms with van der Waals surface area (Å²) in [6, 6.07) is 1.97. The molecule has 0 unspecified atom stereocenters. The Hall–Kier alpha value is -1.62. The molecule has 2 aromatic heterocycles. The summed E-state index contributed by atoms with van der Waals surface area (Å²) in [6.45, 7) is 5.94. The fourth-order valence-corrected chi connectivity index (χ4v) is 1.99. The van der Waals surface area contributed by atoms with Crippen LogP contribution in [0.2, 0.25) is 0 Å². The molecule has 0 aliphatic carbocycles. The molecule has 2 aromatic rings. The molecular weight excluding hydrogens is 226 g/mol. The van der Waals surface area contributed by atoms with E-state index in [-0.39, 0.29) is 5.41 Å². The number of pyridine rings is 1. The molecule has 0 fully saturated rings. The van der Waals surface area contributed by atoms with E-state index in [2.05, 4.69) is 29.1 Å². The fourth-order valence-electron chi connectivity index (χ4n) is 1.99. The summed E-state index contributed by atoms with van der Waals surface area (Å²) < 4.78 is 1.99. The van der Waals surface area contributed by atoms with Crippen LogP contribution in [0.25, 0.3) is 11.0 Å². The van der Waals surface area contributed by atoms with Gasteiger partial charge in [0.1, 0.15) is 5.52 Å². The van der Waals surface area contributed by atoms with Crippen molar-refractivity contribution in [3.05, 3.63) is 18.6 Å². The second-order valence-corrected chi connectivity index (χ2v) is 5.44. The second-order valence-electron chi connectivity index (χ2n) is 5.44. The summed E-state index contributed by atoms with van der Waals surface area (Å²) >= 11 is 0. The van der Waals surface area contributed by atoms with E-state index in [0.717, 1.165) is 29.8 Å². The Morgan fingerprint density at radius 3 is 2.89 bits per heavy atom. The third-order valence-corrected chi connectivity index (χ3v) is 3.20. The van der Waals surface area contributed by atoms with Crippen molar-refractivity contribution in [3.8, 4) is 0 Å². The largest absolute Gasteiger partial charge is 0.368 e. The minimum absolute atomic E-state index is 0.160. The van der Waals surface area contributed by atoms with Crippen LogP contribution in [0.4, 0.5) is 5.82 Å². The molecule has 0 atom stereocenters. The van der Waals surface area contributed by atoms with Crippen LogP contribution in [0.1, 0.15) is 20.3 Å². The lowest BCUT2D eigenvalue weighted by Crippen LogP contribution is -2.26. The number of imidazole rings is 1.